The molecule has 0 heterocycles. The third-order valence-corrected chi connectivity index (χ3v) is 1.13. The lowest BCUT2D eigenvalue weighted by Crippen LogP contribution is -2.17. The van der Waals surface area contributed by atoms with Crippen LogP contribution in [0.25, 0.3) is 0 Å². The van der Waals surface area contributed by atoms with E-state index in [1.54, 1.807) is 17.1 Å². The molecule has 0 fully saturated rings. The summed E-state index contributed by atoms with van der Waals surface area (Å²) in [4.78, 5) is 11.2. The molecular formula is C8H12N2O2. The number of nitrogens with zero attached hydrogens (tertiary/aromatic N) is 2. The van der Waals surface area contributed by atoms with Crippen molar-refractivity contribution >= 4 is 0 Å². The van der Waals surface area contributed by atoms with Gasteiger partial charge in [-0.25, -0.2) is 0 Å². The summed E-state index contributed by atoms with van der Waals surface area (Å²) >= 11 is 0. The zero-order valence-corrected chi connectivity index (χ0v) is 6.85. The first kappa shape index (κ1) is 10.4. The Morgan fingerprint density at radius 3 is 2.17 bits per heavy atom. The van der Waals surface area contributed by atoms with Gasteiger partial charge in [0.2, 0.25) is 6.20 Å². The summed E-state index contributed by atoms with van der Waals surface area (Å²) in [6.45, 7) is 8.22. The predicted octanol–water partition coefficient (Wildman–Crippen LogP) is 1.41. The van der Waals surface area contributed by atoms with Crippen LogP contribution < -0.4 is 0 Å². The normalized spacial score (nSPS) is 9.67. The number of nitro groups is 1. The zero-order valence-electron chi connectivity index (χ0n) is 6.85. The second-order valence-electron chi connectivity index (χ2n) is 2.11. The molecule has 0 aromatic rings. The van der Waals surface area contributed by atoms with E-state index in [1.807, 2.05) is 0 Å². The largest absolute Gasteiger partial charge is 0.365 e. The highest BCUT2D eigenvalue weighted by molar-refractivity contribution is 4.86. The maximum absolute atomic E-state index is 9.95. The molecule has 4 nitrogen and oxygen atoms in total. The summed E-state index contributed by atoms with van der Waals surface area (Å²) in [6.07, 6.45) is 5.65. The molecular weight excluding hydrogens is 156 g/mol. The van der Waals surface area contributed by atoms with Gasteiger partial charge in [-0.15, -0.1) is 13.2 Å². The molecule has 0 saturated heterocycles. The minimum atomic E-state index is -0.501. The van der Waals surface area contributed by atoms with Crippen molar-refractivity contribution in [1.82, 2.24) is 4.90 Å². The Kier molecular flexibility index (Phi) is 5.34. The molecule has 0 unspecified atom stereocenters. The molecule has 0 rings (SSSR count). The molecule has 0 saturated carbocycles. The van der Waals surface area contributed by atoms with E-state index < -0.39 is 4.92 Å². The maximum Gasteiger partial charge on any atom is 0.250 e. The molecule has 0 radical (unpaired) electrons. The van der Waals surface area contributed by atoms with Gasteiger partial charge < -0.3 is 4.90 Å². The maximum atomic E-state index is 9.95. The Bertz CT molecular complexity index is 189. The molecule has 12 heavy (non-hydrogen) atoms. The van der Waals surface area contributed by atoms with Gasteiger partial charge in [0.1, 0.15) is 0 Å². The van der Waals surface area contributed by atoms with Crippen molar-refractivity contribution < 1.29 is 4.92 Å². The monoisotopic (exact) mass is 168 g/mol. The second kappa shape index (κ2) is 6.15. The lowest BCUT2D eigenvalue weighted by Gasteiger charge is -2.13. The predicted molar refractivity (Wildman–Crippen MR) is 48.1 cm³/mol. The highest BCUT2D eigenvalue weighted by Crippen LogP contribution is 1.90. The van der Waals surface area contributed by atoms with Crippen LogP contribution in [0, 0.1) is 10.1 Å². The van der Waals surface area contributed by atoms with Crippen LogP contribution in [0.15, 0.2) is 37.7 Å². The average Bonchev–Trinajstić information content (AvgIpc) is 2.01. The molecule has 0 N–H and O–H groups in total. The minimum absolute atomic E-state index is 0.501. The number of hydrogen-bond donors (Lipinski definition) is 0. The van der Waals surface area contributed by atoms with Crippen LogP contribution in [0.2, 0.25) is 0 Å². The van der Waals surface area contributed by atoms with E-state index in [-0.39, 0.29) is 0 Å². The van der Waals surface area contributed by atoms with E-state index in [0.717, 1.165) is 6.20 Å². The van der Waals surface area contributed by atoms with Crippen LogP contribution in [-0.4, -0.2) is 22.9 Å². The van der Waals surface area contributed by atoms with Crippen molar-refractivity contribution in [1.29, 1.82) is 0 Å². The highest BCUT2D eigenvalue weighted by atomic mass is 16.6. The van der Waals surface area contributed by atoms with E-state index >= 15 is 0 Å². The van der Waals surface area contributed by atoms with Crippen LogP contribution in [-0.2, 0) is 0 Å². The third kappa shape index (κ3) is 5.22. The molecule has 0 aliphatic rings. The van der Waals surface area contributed by atoms with E-state index in [0.29, 0.717) is 13.1 Å². The van der Waals surface area contributed by atoms with Crippen LogP contribution in [0.5, 0.6) is 0 Å². The molecule has 0 aromatic heterocycles. The first-order valence-corrected chi connectivity index (χ1v) is 3.48. The van der Waals surface area contributed by atoms with Crippen LogP contribution in [0.4, 0.5) is 0 Å². The van der Waals surface area contributed by atoms with Gasteiger partial charge in [-0.3, -0.25) is 10.1 Å². The molecule has 0 spiro atoms. The van der Waals surface area contributed by atoms with Gasteiger partial charge in [-0.05, 0) is 0 Å². The molecule has 66 valence electrons. The molecule has 0 amide bonds. The second-order valence-corrected chi connectivity index (χ2v) is 2.11. The Labute approximate surface area is 71.6 Å². The lowest BCUT2D eigenvalue weighted by atomic mass is 10.5. The summed E-state index contributed by atoms with van der Waals surface area (Å²) < 4.78 is 0. The Morgan fingerprint density at radius 2 is 1.83 bits per heavy atom. The molecule has 0 aliphatic heterocycles. The van der Waals surface area contributed by atoms with Gasteiger partial charge in [-0.2, -0.15) is 0 Å². The van der Waals surface area contributed by atoms with E-state index in [4.69, 9.17) is 0 Å². The average molecular weight is 168 g/mol. The van der Waals surface area contributed by atoms with Crippen molar-refractivity contribution in [3.63, 3.8) is 0 Å². The minimum Gasteiger partial charge on any atom is -0.365 e. The van der Waals surface area contributed by atoms with E-state index in [9.17, 15) is 10.1 Å². The Morgan fingerprint density at radius 1 is 1.33 bits per heavy atom. The number of hydrogen-bond acceptors (Lipinski definition) is 3. The first-order valence-electron chi connectivity index (χ1n) is 3.48. The Hall–Kier alpha value is -1.58. The fourth-order valence-corrected chi connectivity index (χ4v) is 0.677. The number of rotatable bonds is 6. The molecule has 0 atom stereocenters. The van der Waals surface area contributed by atoms with E-state index in [1.165, 1.54) is 6.20 Å². The first-order chi connectivity index (χ1) is 5.70. The van der Waals surface area contributed by atoms with E-state index in [2.05, 4.69) is 13.2 Å². The summed E-state index contributed by atoms with van der Waals surface area (Å²) in [5.74, 6) is 0. The summed E-state index contributed by atoms with van der Waals surface area (Å²) in [5.41, 5.74) is 0. The quantitative estimate of drug-likeness (QED) is 0.342. The smallest absolute Gasteiger partial charge is 0.250 e. The van der Waals surface area contributed by atoms with Crippen LogP contribution in [0.1, 0.15) is 0 Å². The van der Waals surface area contributed by atoms with Gasteiger partial charge >= 0.3 is 0 Å². The molecule has 0 bridgehead atoms. The molecule has 0 aliphatic carbocycles. The molecule has 0 aromatic carbocycles. The van der Waals surface area contributed by atoms with Crippen molar-refractivity contribution in [3.05, 3.63) is 47.8 Å². The summed E-state index contributed by atoms with van der Waals surface area (Å²) in [7, 11) is 0. The standard InChI is InChI=1S/C8H12N2O2/c1-3-5-9(6-4-2)7-8-10(11)12/h3-4,7-8H,1-2,5-6H2. The van der Waals surface area contributed by atoms with Gasteiger partial charge in [0.25, 0.3) is 0 Å². The van der Waals surface area contributed by atoms with Gasteiger partial charge in [0.05, 0.1) is 11.1 Å². The fourth-order valence-electron chi connectivity index (χ4n) is 0.677. The zero-order chi connectivity index (χ0) is 9.40. The summed E-state index contributed by atoms with van der Waals surface area (Å²) in [5, 5.41) is 9.95. The van der Waals surface area contributed by atoms with Crippen LogP contribution >= 0.6 is 0 Å². The summed E-state index contributed by atoms with van der Waals surface area (Å²) in [6, 6.07) is 0. The van der Waals surface area contributed by atoms with Crippen molar-refractivity contribution in [2.45, 2.75) is 0 Å². The van der Waals surface area contributed by atoms with Crippen LogP contribution in [0.3, 0.4) is 0 Å². The van der Waals surface area contributed by atoms with Gasteiger partial charge in [0.15, 0.2) is 0 Å². The topological polar surface area (TPSA) is 46.4 Å². The SMILES string of the molecule is C=CCN(C=C[N+](=O)[O-])CC=C. The highest BCUT2D eigenvalue weighted by Gasteiger charge is 1.94. The van der Waals surface area contributed by atoms with Gasteiger partial charge in [-0.1, -0.05) is 12.2 Å². The van der Waals surface area contributed by atoms with Crippen molar-refractivity contribution in [2.24, 2.45) is 0 Å². The third-order valence-electron chi connectivity index (χ3n) is 1.13. The van der Waals surface area contributed by atoms with Gasteiger partial charge in [0, 0.05) is 13.1 Å². The lowest BCUT2D eigenvalue weighted by molar-refractivity contribution is -0.403. The van der Waals surface area contributed by atoms with Crippen molar-refractivity contribution in [3.8, 4) is 0 Å². The Balaban J connectivity index is 4.00. The van der Waals surface area contributed by atoms with Crippen molar-refractivity contribution in [2.75, 3.05) is 13.1 Å². The molecule has 4 heteroatoms. The fraction of sp³-hybridized carbons (Fsp3) is 0.250.